The van der Waals surface area contributed by atoms with Crippen LogP contribution in [0.5, 0.6) is 11.5 Å². The van der Waals surface area contributed by atoms with Crippen molar-refractivity contribution < 1.29 is 19.0 Å². The lowest BCUT2D eigenvalue weighted by atomic mass is 9.75. The molecule has 8 rings (SSSR count). The van der Waals surface area contributed by atoms with E-state index in [4.69, 9.17) is 60.6 Å². The molecule has 2 N–H and O–H groups in total. The van der Waals surface area contributed by atoms with Crippen molar-refractivity contribution in [3.05, 3.63) is 163 Å². The van der Waals surface area contributed by atoms with Crippen molar-refractivity contribution in [2.45, 2.75) is 95.7 Å². The Balaban J connectivity index is 1.35. The molecule has 0 radical (unpaired) electrons. The van der Waals surface area contributed by atoms with E-state index in [1.165, 1.54) is 38.5 Å². The number of esters is 1. The number of benzene rings is 5. The van der Waals surface area contributed by atoms with Crippen LogP contribution in [0.3, 0.4) is 0 Å². The van der Waals surface area contributed by atoms with Crippen LogP contribution >= 0.6 is 46.4 Å². The summed E-state index contributed by atoms with van der Waals surface area (Å²) in [6, 6.07) is 32.4. The average Bonchev–Trinajstić information content (AvgIpc) is 3.59. The van der Waals surface area contributed by atoms with Crippen LogP contribution in [0.15, 0.2) is 109 Å². The van der Waals surface area contributed by atoms with Crippen LogP contribution in [0.25, 0.3) is 11.1 Å². The first-order valence-electron chi connectivity index (χ1n) is 22.3. The number of carbonyl (C=O) groups is 1. The number of hydrogen-bond acceptors (Lipinski definition) is 6. The van der Waals surface area contributed by atoms with Gasteiger partial charge < -0.3 is 24.8 Å². The largest absolute Gasteiger partial charge is 0.497 e. The van der Waals surface area contributed by atoms with Gasteiger partial charge in [0.15, 0.2) is 5.60 Å². The first-order valence-corrected chi connectivity index (χ1v) is 23.8. The highest BCUT2D eigenvalue weighted by atomic mass is 35.5. The molecule has 1 heterocycles. The minimum Gasteiger partial charge on any atom is -0.497 e. The standard InChI is InChI=1S/C54H56Cl4N2O4/c1-33-11-7-9-29-52(33,3)59-39-21-13-35(14-22-39)43(37-17-25-41(62-5)26-18-37)31-54(46-45(51(61)64-54)47(55)49(57)50(58)48(46)56)32-44(38-19-27-42(63-6)28-20-38)36-15-23-40(24-16-36)60-53(4)30-10-8-12-34(53)2/h13-28,31-34,59-60H,7-12,29-30H2,1-6H3/b43-31-,44-32-. The van der Waals surface area contributed by atoms with Crippen molar-refractivity contribution in [1.82, 2.24) is 0 Å². The third kappa shape index (κ3) is 9.01. The average molecular weight is 939 g/mol. The number of halogens is 4. The maximum atomic E-state index is 14.4. The molecule has 0 aromatic heterocycles. The number of anilines is 2. The Labute approximate surface area is 398 Å². The molecule has 64 heavy (non-hydrogen) atoms. The Morgan fingerprint density at radius 1 is 0.578 bits per heavy atom. The summed E-state index contributed by atoms with van der Waals surface area (Å²) in [4.78, 5) is 14.4. The molecule has 3 aliphatic rings. The Hall–Kier alpha value is -4.59. The second-order valence-electron chi connectivity index (χ2n) is 18.3. The zero-order chi connectivity index (χ0) is 45.4. The van der Waals surface area contributed by atoms with E-state index >= 15 is 0 Å². The molecule has 0 spiro atoms. The van der Waals surface area contributed by atoms with Crippen LogP contribution in [0.4, 0.5) is 11.4 Å². The minimum absolute atomic E-state index is 0.0139. The number of nitrogens with one attached hydrogen (secondary N) is 2. The zero-order valence-corrected chi connectivity index (χ0v) is 40.4. The fraction of sp³-hybridized carbons (Fsp3) is 0.352. The lowest BCUT2D eigenvalue weighted by molar-refractivity contribution is 0.0300. The second kappa shape index (κ2) is 18.7. The summed E-state index contributed by atoms with van der Waals surface area (Å²) in [5, 5.41) is 7.77. The molecule has 5 aromatic rings. The lowest BCUT2D eigenvalue weighted by Crippen LogP contribution is -2.43. The van der Waals surface area contributed by atoms with Crippen molar-refractivity contribution in [2.75, 3.05) is 24.9 Å². The van der Waals surface area contributed by atoms with Crippen LogP contribution in [0.2, 0.25) is 20.1 Å². The van der Waals surface area contributed by atoms with Gasteiger partial charge in [-0.15, -0.1) is 0 Å². The number of rotatable bonds is 12. The normalized spacial score (nSPS) is 24.8. The summed E-state index contributed by atoms with van der Waals surface area (Å²) in [5.74, 6) is 1.79. The smallest absolute Gasteiger partial charge is 0.341 e. The third-order valence-corrected chi connectivity index (χ3v) is 16.0. The van der Waals surface area contributed by atoms with Crippen molar-refractivity contribution >= 4 is 74.9 Å². The molecule has 2 aliphatic carbocycles. The van der Waals surface area contributed by atoms with Crippen molar-refractivity contribution in [3.63, 3.8) is 0 Å². The Morgan fingerprint density at radius 3 is 1.33 bits per heavy atom. The highest BCUT2D eigenvalue weighted by molar-refractivity contribution is 6.53. The molecular formula is C54H56Cl4N2O4. The summed E-state index contributed by atoms with van der Waals surface area (Å²) in [5.41, 5.74) is 5.72. The number of ether oxygens (including phenoxy) is 3. The summed E-state index contributed by atoms with van der Waals surface area (Å²) < 4.78 is 17.8. The molecule has 2 fully saturated rings. The van der Waals surface area contributed by atoms with Gasteiger partial charge in [0.1, 0.15) is 11.5 Å². The summed E-state index contributed by atoms with van der Waals surface area (Å²) in [6.45, 7) is 9.31. The van der Waals surface area contributed by atoms with Crippen LogP contribution < -0.4 is 20.1 Å². The highest BCUT2D eigenvalue weighted by Gasteiger charge is 2.48. The van der Waals surface area contributed by atoms with Gasteiger partial charge in [-0.25, -0.2) is 4.79 Å². The second-order valence-corrected chi connectivity index (χ2v) is 19.8. The van der Waals surface area contributed by atoms with Gasteiger partial charge in [-0.3, -0.25) is 0 Å². The van der Waals surface area contributed by atoms with E-state index in [9.17, 15) is 4.79 Å². The first kappa shape index (κ1) is 46.0. The van der Waals surface area contributed by atoms with E-state index in [0.29, 0.717) is 28.9 Å². The predicted molar refractivity (Wildman–Crippen MR) is 266 cm³/mol. The Morgan fingerprint density at radius 2 is 0.953 bits per heavy atom. The number of cyclic esters (lactones) is 1. The molecular weight excluding hydrogens is 882 g/mol. The zero-order valence-electron chi connectivity index (χ0n) is 37.3. The molecule has 4 atom stereocenters. The summed E-state index contributed by atoms with van der Waals surface area (Å²) in [6.07, 6.45) is 13.4. The van der Waals surface area contributed by atoms with E-state index in [2.05, 4.69) is 86.9 Å². The van der Waals surface area contributed by atoms with Crippen molar-refractivity contribution in [3.8, 4) is 11.5 Å². The van der Waals surface area contributed by atoms with Gasteiger partial charge in [0.2, 0.25) is 0 Å². The molecule has 334 valence electrons. The topological polar surface area (TPSA) is 68.8 Å². The number of carbonyl (C=O) groups excluding carboxylic acids is 1. The van der Waals surface area contributed by atoms with Gasteiger partial charge in [-0.2, -0.15) is 0 Å². The predicted octanol–water partition coefficient (Wildman–Crippen LogP) is 15.7. The molecule has 0 amide bonds. The van der Waals surface area contributed by atoms with E-state index in [0.717, 1.165) is 57.6 Å². The molecule has 10 heteroatoms. The van der Waals surface area contributed by atoms with Gasteiger partial charge in [0.05, 0.1) is 39.9 Å². The van der Waals surface area contributed by atoms with E-state index in [1.54, 1.807) is 14.2 Å². The molecule has 0 bridgehead atoms. The molecule has 4 unspecified atom stereocenters. The maximum absolute atomic E-state index is 14.4. The summed E-state index contributed by atoms with van der Waals surface area (Å²) in [7, 11) is 3.28. The van der Waals surface area contributed by atoms with E-state index in [1.807, 2.05) is 60.7 Å². The lowest BCUT2D eigenvalue weighted by Gasteiger charge is -2.41. The Kier molecular flexibility index (Phi) is 13.4. The van der Waals surface area contributed by atoms with Gasteiger partial charge in [-0.1, -0.05) is 134 Å². The van der Waals surface area contributed by atoms with E-state index in [-0.39, 0.29) is 36.7 Å². The summed E-state index contributed by atoms with van der Waals surface area (Å²) >= 11 is 27.7. The third-order valence-electron chi connectivity index (χ3n) is 14.2. The molecule has 2 saturated carbocycles. The van der Waals surface area contributed by atoms with Crippen LogP contribution in [-0.4, -0.2) is 31.3 Å². The van der Waals surface area contributed by atoms with Crippen LogP contribution in [-0.2, 0) is 10.3 Å². The SMILES string of the molecule is COc1ccc(/C(=C\C2(/C=C(/c3ccc(NC4(C)CCCCC4C)cc3)c3ccc(OC)cc3)OC(=O)c3c(Cl)c(Cl)c(Cl)c(Cl)c32)c2ccc(NC3(C)CCCCC3C)cc2)cc1. The fourth-order valence-electron chi connectivity index (χ4n) is 9.84. The molecule has 6 nitrogen and oxygen atoms in total. The van der Waals surface area contributed by atoms with Crippen molar-refractivity contribution in [2.24, 2.45) is 11.8 Å². The monoisotopic (exact) mass is 936 g/mol. The quantitative estimate of drug-likeness (QED) is 0.0738. The minimum atomic E-state index is -1.66. The maximum Gasteiger partial charge on any atom is 0.341 e. The van der Waals surface area contributed by atoms with Gasteiger partial charge in [-0.05, 0) is 145 Å². The van der Waals surface area contributed by atoms with Crippen molar-refractivity contribution in [1.29, 1.82) is 0 Å². The van der Waals surface area contributed by atoms with Crippen LogP contribution in [0.1, 0.15) is 117 Å². The first-order chi connectivity index (χ1) is 30.7. The molecule has 1 aliphatic heterocycles. The van der Waals surface area contributed by atoms with Gasteiger partial charge in [0, 0.05) is 28.0 Å². The number of fused-ring (bicyclic) bond motifs is 1. The number of hydrogen-bond donors (Lipinski definition) is 2. The fourth-order valence-corrected chi connectivity index (χ4v) is 10.9. The van der Waals surface area contributed by atoms with Gasteiger partial charge >= 0.3 is 5.97 Å². The Bertz CT molecular complexity index is 2440. The van der Waals surface area contributed by atoms with Gasteiger partial charge in [0.25, 0.3) is 0 Å². The van der Waals surface area contributed by atoms with Crippen LogP contribution in [0, 0.1) is 11.8 Å². The molecule has 0 saturated heterocycles. The van der Waals surface area contributed by atoms with E-state index < -0.39 is 11.6 Å². The highest BCUT2D eigenvalue weighted by Crippen LogP contribution is 2.54. The molecule has 5 aromatic carbocycles. The number of methoxy groups -OCH3 is 2.